The molecular formula is C18H23NO3. The third-order valence-corrected chi connectivity index (χ3v) is 3.83. The number of aryl methyl sites for hydroxylation is 1. The molecule has 1 heterocycles. The number of esters is 1. The van der Waals surface area contributed by atoms with Gasteiger partial charge in [-0.3, -0.25) is 9.78 Å². The Hall–Kier alpha value is -2.10. The number of ether oxygens (including phenoxy) is 2. The molecular weight excluding hydrogens is 278 g/mol. The van der Waals surface area contributed by atoms with E-state index < -0.39 is 0 Å². The Labute approximate surface area is 131 Å². The van der Waals surface area contributed by atoms with Crippen LogP contribution < -0.4 is 0 Å². The fourth-order valence-corrected chi connectivity index (χ4v) is 2.76. The van der Waals surface area contributed by atoms with Crippen molar-refractivity contribution in [2.24, 2.45) is 5.92 Å². The van der Waals surface area contributed by atoms with Crippen molar-refractivity contribution >= 4 is 11.5 Å². The Morgan fingerprint density at radius 2 is 2.14 bits per heavy atom. The van der Waals surface area contributed by atoms with Gasteiger partial charge in [-0.1, -0.05) is 12.6 Å². The van der Waals surface area contributed by atoms with Crippen LogP contribution in [0.25, 0.3) is 5.57 Å². The maximum absolute atomic E-state index is 12.2. The average Bonchev–Trinajstić information content (AvgIpc) is 2.77. The van der Waals surface area contributed by atoms with E-state index in [0.29, 0.717) is 18.8 Å². The molecule has 1 aromatic rings. The van der Waals surface area contributed by atoms with Crippen molar-refractivity contribution in [3.8, 4) is 0 Å². The van der Waals surface area contributed by atoms with Gasteiger partial charge in [0.2, 0.25) is 0 Å². The molecule has 0 unspecified atom stereocenters. The van der Waals surface area contributed by atoms with Gasteiger partial charge in [0, 0.05) is 6.20 Å². The second-order valence-corrected chi connectivity index (χ2v) is 5.69. The molecule has 0 fully saturated rings. The largest absolute Gasteiger partial charge is 0.490 e. The summed E-state index contributed by atoms with van der Waals surface area (Å²) in [4.78, 5) is 16.7. The van der Waals surface area contributed by atoms with E-state index in [9.17, 15) is 4.79 Å². The fourth-order valence-electron chi connectivity index (χ4n) is 2.76. The zero-order valence-electron chi connectivity index (χ0n) is 13.7. The minimum Gasteiger partial charge on any atom is -0.490 e. The Balaban J connectivity index is 2.33. The third-order valence-electron chi connectivity index (χ3n) is 3.83. The van der Waals surface area contributed by atoms with Gasteiger partial charge in [-0.25, -0.2) is 0 Å². The minimum absolute atomic E-state index is 0.227. The summed E-state index contributed by atoms with van der Waals surface area (Å²) < 4.78 is 11.0. The summed E-state index contributed by atoms with van der Waals surface area (Å²) in [5, 5.41) is 0. The molecule has 2 rings (SSSR count). The maximum atomic E-state index is 12.2. The van der Waals surface area contributed by atoms with Crippen molar-refractivity contribution < 1.29 is 14.3 Å². The van der Waals surface area contributed by atoms with E-state index in [-0.39, 0.29) is 18.0 Å². The third kappa shape index (κ3) is 3.38. The van der Waals surface area contributed by atoms with Crippen LogP contribution in [-0.4, -0.2) is 23.7 Å². The number of pyridine rings is 1. The molecule has 22 heavy (non-hydrogen) atoms. The van der Waals surface area contributed by atoms with Gasteiger partial charge in [0.15, 0.2) is 0 Å². The normalized spacial score (nSPS) is 20.9. The maximum Gasteiger partial charge on any atom is 0.313 e. The first-order valence-electron chi connectivity index (χ1n) is 7.55. The number of carbonyl (C=O) groups excluding carboxylic acids is 1. The van der Waals surface area contributed by atoms with Gasteiger partial charge in [0.05, 0.1) is 18.1 Å². The lowest BCUT2D eigenvalue weighted by atomic mass is 10.0. The number of aromatic nitrogens is 1. The zero-order chi connectivity index (χ0) is 16.3. The summed E-state index contributed by atoms with van der Waals surface area (Å²) >= 11 is 0. The van der Waals surface area contributed by atoms with Crippen LogP contribution in [0.1, 0.15) is 38.4 Å². The van der Waals surface area contributed by atoms with Gasteiger partial charge < -0.3 is 9.47 Å². The van der Waals surface area contributed by atoms with E-state index in [1.807, 2.05) is 39.1 Å². The van der Waals surface area contributed by atoms with Crippen LogP contribution in [0.5, 0.6) is 0 Å². The van der Waals surface area contributed by atoms with Crippen LogP contribution in [0.3, 0.4) is 0 Å². The molecule has 0 N–H and O–H groups in total. The van der Waals surface area contributed by atoms with E-state index in [1.165, 1.54) is 0 Å². The van der Waals surface area contributed by atoms with Crippen molar-refractivity contribution in [3.63, 3.8) is 0 Å². The minimum atomic E-state index is -0.338. The lowest BCUT2D eigenvalue weighted by molar-refractivity contribution is -0.150. The molecule has 0 bridgehead atoms. The number of hydrogen-bond donors (Lipinski definition) is 0. The Morgan fingerprint density at radius 3 is 2.68 bits per heavy atom. The summed E-state index contributed by atoms with van der Waals surface area (Å²) in [5.41, 5.74) is 4.09. The van der Waals surface area contributed by atoms with E-state index in [1.54, 1.807) is 6.92 Å². The van der Waals surface area contributed by atoms with E-state index in [2.05, 4.69) is 11.6 Å². The number of rotatable bonds is 5. The molecule has 118 valence electrons. The quantitative estimate of drug-likeness (QED) is 0.615. The Bertz CT molecular complexity index is 601. The first-order valence-corrected chi connectivity index (χ1v) is 7.55. The van der Waals surface area contributed by atoms with Gasteiger partial charge in [0.25, 0.3) is 0 Å². The molecule has 4 heteroatoms. The summed E-state index contributed by atoms with van der Waals surface area (Å²) in [6, 6.07) is 4.01. The van der Waals surface area contributed by atoms with Crippen LogP contribution in [0.2, 0.25) is 0 Å². The van der Waals surface area contributed by atoms with Crippen LogP contribution >= 0.6 is 0 Å². The molecule has 0 saturated carbocycles. The molecule has 1 aromatic heterocycles. The van der Waals surface area contributed by atoms with Crippen LogP contribution in [-0.2, 0) is 14.3 Å². The lowest BCUT2D eigenvalue weighted by Crippen LogP contribution is -2.29. The van der Waals surface area contributed by atoms with E-state index >= 15 is 0 Å². The van der Waals surface area contributed by atoms with Gasteiger partial charge in [-0.15, -0.1) is 0 Å². The summed E-state index contributed by atoms with van der Waals surface area (Å²) in [5.74, 6) is 0.0294. The highest BCUT2D eigenvalue weighted by Crippen LogP contribution is 2.40. The Kier molecular flexibility index (Phi) is 5.01. The van der Waals surface area contributed by atoms with Gasteiger partial charge >= 0.3 is 5.97 Å². The second kappa shape index (κ2) is 6.77. The van der Waals surface area contributed by atoms with Gasteiger partial charge in [-0.2, -0.15) is 0 Å². The SMILES string of the molecule is C=C(C)O[C@@H]1C(C)=C(c2ccc(C)cn2)C[C@H]1C(=O)OCC. The average molecular weight is 301 g/mol. The zero-order valence-corrected chi connectivity index (χ0v) is 13.7. The number of nitrogens with zero attached hydrogens (tertiary/aromatic N) is 1. The molecule has 0 aliphatic heterocycles. The molecule has 1 aliphatic rings. The number of hydrogen-bond acceptors (Lipinski definition) is 4. The molecule has 0 radical (unpaired) electrons. The van der Waals surface area contributed by atoms with E-state index in [0.717, 1.165) is 22.4 Å². The molecule has 2 atom stereocenters. The van der Waals surface area contributed by atoms with Crippen molar-refractivity contribution in [1.29, 1.82) is 0 Å². The van der Waals surface area contributed by atoms with E-state index in [4.69, 9.17) is 9.47 Å². The first kappa shape index (κ1) is 16.3. The predicted octanol–water partition coefficient (Wildman–Crippen LogP) is 3.67. The first-order chi connectivity index (χ1) is 10.4. The predicted molar refractivity (Wildman–Crippen MR) is 86.0 cm³/mol. The molecule has 0 amide bonds. The van der Waals surface area contributed by atoms with Crippen molar-refractivity contribution in [2.45, 2.75) is 40.2 Å². The van der Waals surface area contributed by atoms with Crippen LogP contribution in [0.4, 0.5) is 0 Å². The second-order valence-electron chi connectivity index (χ2n) is 5.69. The summed E-state index contributed by atoms with van der Waals surface area (Å²) in [7, 11) is 0. The summed E-state index contributed by atoms with van der Waals surface area (Å²) in [6.07, 6.45) is 2.09. The smallest absolute Gasteiger partial charge is 0.313 e. The Morgan fingerprint density at radius 1 is 1.41 bits per heavy atom. The molecule has 0 aromatic carbocycles. The lowest BCUT2D eigenvalue weighted by Gasteiger charge is -2.21. The molecule has 1 aliphatic carbocycles. The summed E-state index contributed by atoms with van der Waals surface area (Å²) in [6.45, 7) is 11.7. The van der Waals surface area contributed by atoms with Crippen molar-refractivity contribution in [1.82, 2.24) is 4.98 Å². The van der Waals surface area contributed by atoms with Gasteiger partial charge in [0.1, 0.15) is 12.0 Å². The van der Waals surface area contributed by atoms with Crippen LogP contribution in [0.15, 0.2) is 36.2 Å². The van der Waals surface area contributed by atoms with Crippen molar-refractivity contribution in [3.05, 3.63) is 47.5 Å². The highest BCUT2D eigenvalue weighted by Gasteiger charge is 2.40. The highest BCUT2D eigenvalue weighted by molar-refractivity contribution is 5.82. The molecule has 0 saturated heterocycles. The monoisotopic (exact) mass is 301 g/mol. The topological polar surface area (TPSA) is 48.4 Å². The standard InChI is InChI=1S/C18H23NO3/c1-6-21-18(20)15-9-14(13(5)17(15)22-11(2)3)16-8-7-12(4)10-19-16/h7-8,10,15,17H,2,6,9H2,1,3-5H3/t15-,17-/m1/s1. The van der Waals surface area contributed by atoms with Crippen molar-refractivity contribution in [2.75, 3.05) is 6.61 Å². The van der Waals surface area contributed by atoms with Gasteiger partial charge in [-0.05, 0) is 56.9 Å². The molecule has 4 nitrogen and oxygen atoms in total. The molecule has 0 spiro atoms. The highest BCUT2D eigenvalue weighted by atomic mass is 16.5. The number of carbonyl (C=O) groups is 1. The van der Waals surface area contributed by atoms with Crippen LogP contribution in [0, 0.1) is 12.8 Å². The fraction of sp³-hybridized carbons (Fsp3) is 0.444. The number of allylic oxidation sites excluding steroid dienone is 2.